The van der Waals surface area contributed by atoms with Gasteiger partial charge in [0.1, 0.15) is 5.78 Å². The van der Waals surface area contributed by atoms with E-state index in [0.29, 0.717) is 17.6 Å². The first kappa shape index (κ1) is 9.95. The minimum Gasteiger partial charge on any atom is -0.299 e. The van der Waals surface area contributed by atoms with Crippen LogP contribution >= 0.6 is 0 Å². The lowest BCUT2D eigenvalue weighted by Gasteiger charge is -2.41. The summed E-state index contributed by atoms with van der Waals surface area (Å²) in [6.45, 7) is 6.66. The molecule has 1 heteroatoms. The van der Waals surface area contributed by atoms with E-state index in [-0.39, 0.29) is 5.41 Å². The molecule has 2 rings (SSSR count). The van der Waals surface area contributed by atoms with Crippen LogP contribution in [0, 0.1) is 17.3 Å². The summed E-state index contributed by atoms with van der Waals surface area (Å²) in [5, 5.41) is 0. The number of hydrogen-bond donors (Lipinski definition) is 0. The Kier molecular flexibility index (Phi) is 2.29. The van der Waals surface area contributed by atoms with Gasteiger partial charge < -0.3 is 0 Å². The summed E-state index contributed by atoms with van der Waals surface area (Å²) in [5.74, 6) is 1.50. The topological polar surface area (TPSA) is 17.1 Å². The second kappa shape index (κ2) is 3.22. The van der Waals surface area contributed by atoms with Gasteiger partial charge in [-0.05, 0) is 37.5 Å². The maximum Gasteiger partial charge on any atom is 0.137 e. The van der Waals surface area contributed by atoms with Crippen molar-refractivity contribution in [2.24, 2.45) is 17.3 Å². The average Bonchev–Trinajstić information content (AvgIpc) is 2.00. The zero-order valence-corrected chi connectivity index (χ0v) is 9.47. The monoisotopic (exact) mass is 192 g/mol. The van der Waals surface area contributed by atoms with Crippen LogP contribution in [0.15, 0.2) is 11.6 Å². The highest BCUT2D eigenvalue weighted by molar-refractivity contribution is 5.83. The highest BCUT2D eigenvalue weighted by Gasteiger charge is 2.40. The van der Waals surface area contributed by atoms with E-state index >= 15 is 0 Å². The molecule has 2 aliphatic carbocycles. The Morgan fingerprint density at radius 3 is 2.86 bits per heavy atom. The fraction of sp³-hybridized carbons (Fsp3) is 0.769. The third-order valence-electron chi connectivity index (χ3n) is 3.75. The van der Waals surface area contributed by atoms with Crippen molar-refractivity contribution < 1.29 is 4.79 Å². The molecule has 0 bridgehead atoms. The third-order valence-corrected chi connectivity index (χ3v) is 3.75. The van der Waals surface area contributed by atoms with Gasteiger partial charge in [0.05, 0.1) is 0 Å². The molecule has 0 radical (unpaired) electrons. The molecule has 1 nitrogen and oxygen atoms in total. The van der Waals surface area contributed by atoms with Crippen LogP contribution < -0.4 is 0 Å². The van der Waals surface area contributed by atoms with Crippen molar-refractivity contribution in [3.8, 4) is 0 Å². The van der Waals surface area contributed by atoms with E-state index in [9.17, 15) is 4.79 Å². The second-order valence-electron chi connectivity index (χ2n) is 5.87. The Balaban J connectivity index is 2.19. The van der Waals surface area contributed by atoms with Gasteiger partial charge in [-0.3, -0.25) is 4.79 Å². The molecule has 0 spiro atoms. The quantitative estimate of drug-likeness (QED) is 0.538. The first-order valence-corrected chi connectivity index (χ1v) is 5.66. The highest BCUT2D eigenvalue weighted by Crippen LogP contribution is 2.45. The smallest absolute Gasteiger partial charge is 0.137 e. The van der Waals surface area contributed by atoms with E-state index in [2.05, 4.69) is 26.8 Å². The van der Waals surface area contributed by atoms with Crippen LogP contribution in [0.3, 0.4) is 0 Å². The summed E-state index contributed by atoms with van der Waals surface area (Å²) < 4.78 is 0. The van der Waals surface area contributed by atoms with Crippen molar-refractivity contribution in [2.45, 2.75) is 46.5 Å². The molecule has 2 aliphatic rings. The molecule has 0 aliphatic heterocycles. The lowest BCUT2D eigenvalue weighted by Crippen LogP contribution is -2.38. The molecule has 78 valence electrons. The number of carbonyl (C=O) groups is 1. The van der Waals surface area contributed by atoms with E-state index in [1.54, 1.807) is 0 Å². The first-order valence-electron chi connectivity index (χ1n) is 5.66. The van der Waals surface area contributed by atoms with Gasteiger partial charge >= 0.3 is 0 Å². The molecule has 0 unspecified atom stereocenters. The summed E-state index contributed by atoms with van der Waals surface area (Å²) in [7, 11) is 0. The minimum atomic E-state index is 0.246. The maximum atomic E-state index is 11.9. The molecule has 1 saturated carbocycles. The van der Waals surface area contributed by atoms with Crippen LogP contribution in [0.25, 0.3) is 0 Å². The first-order chi connectivity index (χ1) is 6.48. The summed E-state index contributed by atoms with van der Waals surface area (Å²) in [4.78, 5) is 11.9. The Morgan fingerprint density at radius 2 is 2.14 bits per heavy atom. The standard InChI is InChI=1S/C13H20O/c1-9-4-5-11-10(6-9)7-13(2,3)8-12(11)14/h4,10-11H,5-8H2,1-3H3/t10-,11+/m1/s1. The molecule has 14 heavy (non-hydrogen) atoms. The van der Waals surface area contributed by atoms with Crippen molar-refractivity contribution >= 4 is 5.78 Å². The fourth-order valence-electron chi connectivity index (χ4n) is 3.15. The third kappa shape index (κ3) is 1.77. The predicted molar refractivity (Wildman–Crippen MR) is 58.0 cm³/mol. The van der Waals surface area contributed by atoms with Gasteiger partial charge in [-0.2, -0.15) is 0 Å². The normalized spacial score (nSPS) is 36.2. The van der Waals surface area contributed by atoms with E-state index in [0.717, 1.165) is 19.3 Å². The van der Waals surface area contributed by atoms with Crippen molar-refractivity contribution in [3.63, 3.8) is 0 Å². The van der Waals surface area contributed by atoms with Gasteiger partial charge in [0.15, 0.2) is 0 Å². The Morgan fingerprint density at radius 1 is 1.43 bits per heavy atom. The molecule has 0 heterocycles. The van der Waals surface area contributed by atoms with Crippen molar-refractivity contribution in [1.82, 2.24) is 0 Å². The average molecular weight is 192 g/mol. The van der Waals surface area contributed by atoms with E-state index < -0.39 is 0 Å². The molecule has 0 aromatic carbocycles. The highest BCUT2D eigenvalue weighted by atomic mass is 16.1. The molecular weight excluding hydrogens is 172 g/mol. The van der Waals surface area contributed by atoms with Gasteiger partial charge in [0.2, 0.25) is 0 Å². The lowest BCUT2D eigenvalue weighted by molar-refractivity contribution is -0.130. The Bertz CT molecular complexity index is 286. The van der Waals surface area contributed by atoms with Crippen molar-refractivity contribution in [2.75, 3.05) is 0 Å². The predicted octanol–water partition coefficient (Wildman–Crippen LogP) is 3.35. The van der Waals surface area contributed by atoms with Crippen molar-refractivity contribution in [3.05, 3.63) is 11.6 Å². The molecule has 0 aromatic rings. The SMILES string of the molecule is CC1=CC[C@@H]2C(=O)CC(C)(C)C[C@H]2C1. The zero-order valence-electron chi connectivity index (χ0n) is 9.47. The Labute approximate surface area is 86.6 Å². The van der Waals surface area contributed by atoms with Gasteiger partial charge in [0, 0.05) is 12.3 Å². The number of rotatable bonds is 0. The minimum absolute atomic E-state index is 0.246. The lowest BCUT2D eigenvalue weighted by atomic mass is 9.62. The van der Waals surface area contributed by atoms with Crippen LogP contribution in [-0.2, 0) is 4.79 Å². The number of ketones is 1. The molecule has 0 aromatic heterocycles. The van der Waals surface area contributed by atoms with Crippen LogP contribution in [0.2, 0.25) is 0 Å². The molecule has 1 fully saturated rings. The Hall–Kier alpha value is -0.590. The molecule has 0 N–H and O–H groups in total. The van der Waals surface area contributed by atoms with Gasteiger partial charge in [-0.25, -0.2) is 0 Å². The van der Waals surface area contributed by atoms with Gasteiger partial charge in [0.25, 0.3) is 0 Å². The van der Waals surface area contributed by atoms with Gasteiger partial charge in [-0.1, -0.05) is 25.5 Å². The second-order valence-corrected chi connectivity index (χ2v) is 5.87. The molecular formula is C13H20O. The molecule has 2 atom stereocenters. The summed E-state index contributed by atoms with van der Waals surface area (Å²) in [6, 6.07) is 0. The number of allylic oxidation sites excluding steroid dienone is 2. The van der Waals surface area contributed by atoms with Crippen molar-refractivity contribution in [1.29, 1.82) is 0 Å². The van der Waals surface area contributed by atoms with Crippen LogP contribution in [-0.4, -0.2) is 5.78 Å². The number of fused-ring (bicyclic) bond motifs is 1. The fourth-order valence-corrected chi connectivity index (χ4v) is 3.15. The molecule has 0 amide bonds. The number of carbonyl (C=O) groups excluding carboxylic acids is 1. The summed E-state index contributed by atoms with van der Waals surface area (Å²) in [6.07, 6.45) is 6.44. The van der Waals surface area contributed by atoms with Crippen LogP contribution in [0.5, 0.6) is 0 Å². The van der Waals surface area contributed by atoms with Crippen LogP contribution in [0.1, 0.15) is 46.5 Å². The van der Waals surface area contributed by atoms with E-state index in [4.69, 9.17) is 0 Å². The van der Waals surface area contributed by atoms with Crippen LogP contribution in [0.4, 0.5) is 0 Å². The largest absolute Gasteiger partial charge is 0.299 e. The zero-order chi connectivity index (χ0) is 10.3. The van der Waals surface area contributed by atoms with Gasteiger partial charge in [-0.15, -0.1) is 0 Å². The van der Waals surface area contributed by atoms with E-state index in [1.807, 2.05) is 0 Å². The number of Topliss-reactive ketones (excluding diaryl/α,β-unsaturated/α-hetero) is 1. The maximum absolute atomic E-state index is 11.9. The molecule has 0 saturated heterocycles. The summed E-state index contributed by atoms with van der Waals surface area (Å²) in [5.41, 5.74) is 1.73. The summed E-state index contributed by atoms with van der Waals surface area (Å²) >= 11 is 0. The van der Waals surface area contributed by atoms with E-state index in [1.165, 1.54) is 12.0 Å². The number of hydrogen-bond acceptors (Lipinski definition) is 1.